The molecule has 0 spiro atoms. The number of nitrogens with zero attached hydrogens (tertiary/aromatic N) is 1. The van der Waals surface area contributed by atoms with Crippen molar-refractivity contribution < 1.29 is 9.84 Å². The maximum atomic E-state index is 11.7. The van der Waals surface area contributed by atoms with Gasteiger partial charge in [0, 0.05) is 23.6 Å². The Morgan fingerprint density at radius 3 is 2.48 bits per heavy atom. The van der Waals surface area contributed by atoms with Crippen molar-refractivity contribution in [2.45, 2.75) is 12.8 Å². The zero-order valence-electron chi connectivity index (χ0n) is 17.2. The molecule has 1 atom stereocenters. The van der Waals surface area contributed by atoms with Gasteiger partial charge in [-0.1, -0.05) is 13.0 Å². The minimum atomic E-state index is -0.858. The molecule has 158 valence electrons. The Balaban J connectivity index is 1.67. The number of thiophene rings is 1. The largest absolute Gasteiger partial charge is 0.502 e. The number of nitrogens with one attached hydrogen (secondary N) is 1. The minimum absolute atomic E-state index is 0.0650. The number of hydrogen-bond donors (Lipinski definition) is 2. The van der Waals surface area contributed by atoms with Crippen LogP contribution < -0.4 is 25.8 Å². The summed E-state index contributed by atoms with van der Waals surface area (Å²) in [4.78, 5) is 25.2. The maximum absolute atomic E-state index is 11.7. The summed E-state index contributed by atoms with van der Waals surface area (Å²) in [7, 11) is 1.64. The Labute approximate surface area is 183 Å². The summed E-state index contributed by atoms with van der Waals surface area (Å²) in [6, 6.07) is 17.5. The van der Waals surface area contributed by atoms with Crippen molar-refractivity contribution in [1.29, 1.82) is 0 Å². The standard InChI is InChI=1S/C24H22N2O4S/c1-15(16-10-11-31-14-16)13-26(18-6-8-20(30-2)9-7-18)19-5-3-4-17(12-19)25-21-22(27)24(29)23(21)28/h3-12,14-15,25,27H,13H2,1-2H3. The molecule has 0 aliphatic rings. The third-order valence-electron chi connectivity index (χ3n) is 5.27. The number of hydrogen-bond acceptors (Lipinski definition) is 7. The molecule has 7 heteroatoms. The van der Waals surface area contributed by atoms with Crippen LogP contribution in [-0.2, 0) is 0 Å². The van der Waals surface area contributed by atoms with E-state index in [1.807, 2.05) is 42.5 Å². The Hall–Kier alpha value is -3.58. The van der Waals surface area contributed by atoms with Crippen LogP contribution in [-0.4, -0.2) is 18.8 Å². The zero-order chi connectivity index (χ0) is 22.0. The van der Waals surface area contributed by atoms with Crippen LogP contribution in [0.15, 0.2) is 74.9 Å². The third kappa shape index (κ3) is 4.18. The minimum Gasteiger partial charge on any atom is -0.502 e. The predicted octanol–water partition coefficient (Wildman–Crippen LogP) is 4.74. The normalized spacial score (nSPS) is 11.9. The van der Waals surface area contributed by atoms with Crippen molar-refractivity contribution in [3.63, 3.8) is 0 Å². The molecular weight excluding hydrogens is 412 g/mol. The average molecular weight is 435 g/mol. The predicted molar refractivity (Wildman–Crippen MR) is 125 cm³/mol. The zero-order valence-corrected chi connectivity index (χ0v) is 18.0. The molecule has 3 aromatic carbocycles. The van der Waals surface area contributed by atoms with Gasteiger partial charge in [0.25, 0.3) is 10.9 Å². The molecule has 2 N–H and O–H groups in total. The van der Waals surface area contributed by atoms with Crippen LogP contribution in [0, 0.1) is 0 Å². The number of ether oxygens (including phenoxy) is 1. The first kappa shape index (κ1) is 20.7. The van der Waals surface area contributed by atoms with E-state index in [0.717, 1.165) is 23.7 Å². The van der Waals surface area contributed by atoms with Gasteiger partial charge < -0.3 is 20.1 Å². The van der Waals surface area contributed by atoms with E-state index in [9.17, 15) is 14.7 Å². The number of methoxy groups -OCH3 is 1. The van der Waals surface area contributed by atoms with Crippen LogP contribution in [0.4, 0.5) is 22.7 Å². The van der Waals surface area contributed by atoms with Crippen LogP contribution in [0.2, 0.25) is 0 Å². The summed E-state index contributed by atoms with van der Waals surface area (Å²) in [5.41, 5.74) is 2.16. The highest BCUT2D eigenvalue weighted by Crippen LogP contribution is 2.33. The monoisotopic (exact) mass is 434 g/mol. The van der Waals surface area contributed by atoms with E-state index in [1.165, 1.54) is 5.56 Å². The van der Waals surface area contributed by atoms with Gasteiger partial charge in [-0.05, 0) is 70.8 Å². The topological polar surface area (TPSA) is 78.9 Å². The van der Waals surface area contributed by atoms with Crippen molar-refractivity contribution in [3.05, 3.63) is 91.4 Å². The molecule has 0 amide bonds. The fraction of sp³-hybridized carbons (Fsp3) is 0.167. The molecule has 0 radical (unpaired) electrons. The Morgan fingerprint density at radius 1 is 1.06 bits per heavy atom. The first-order valence-corrected chi connectivity index (χ1v) is 10.7. The lowest BCUT2D eigenvalue weighted by Crippen LogP contribution is -2.32. The lowest BCUT2D eigenvalue weighted by atomic mass is 10.0. The van der Waals surface area contributed by atoms with Gasteiger partial charge in [-0.2, -0.15) is 11.3 Å². The molecule has 0 fully saturated rings. The number of benzene rings is 2. The smallest absolute Gasteiger partial charge is 0.271 e. The maximum Gasteiger partial charge on any atom is 0.271 e. The Bertz CT molecular complexity index is 1240. The van der Waals surface area contributed by atoms with Crippen molar-refractivity contribution in [2.24, 2.45) is 0 Å². The van der Waals surface area contributed by atoms with E-state index >= 15 is 0 Å². The van der Waals surface area contributed by atoms with Crippen molar-refractivity contribution in [2.75, 3.05) is 23.9 Å². The molecule has 0 saturated heterocycles. The third-order valence-corrected chi connectivity index (χ3v) is 5.97. The van der Waals surface area contributed by atoms with E-state index in [-0.39, 0.29) is 11.6 Å². The molecule has 4 rings (SSSR count). The highest BCUT2D eigenvalue weighted by atomic mass is 32.1. The summed E-state index contributed by atoms with van der Waals surface area (Å²) < 4.78 is 5.29. The summed E-state index contributed by atoms with van der Waals surface area (Å²) in [5.74, 6) is 0.539. The van der Waals surface area contributed by atoms with E-state index in [1.54, 1.807) is 24.5 Å². The van der Waals surface area contributed by atoms with Gasteiger partial charge in [0.15, 0.2) is 5.75 Å². The molecule has 6 nitrogen and oxygen atoms in total. The van der Waals surface area contributed by atoms with Crippen LogP contribution in [0.3, 0.4) is 0 Å². The van der Waals surface area contributed by atoms with Gasteiger partial charge in [0.2, 0.25) is 0 Å². The molecule has 0 aliphatic heterocycles. The number of anilines is 4. The quantitative estimate of drug-likeness (QED) is 0.390. The van der Waals surface area contributed by atoms with Crippen LogP contribution in [0.25, 0.3) is 0 Å². The first-order chi connectivity index (χ1) is 15.0. The molecule has 0 aliphatic carbocycles. The summed E-state index contributed by atoms with van der Waals surface area (Å²) in [6.07, 6.45) is 0. The molecule has 1 heterocycles. The molecular formula is C24H22N2O4S. The lowest BCUT2D eigenvalue weighted by molar-refractivity contribution is 0.415. The molecule has 31 heavy (non-hydrogen) atoms. The van der Waals surface area contributed by atoms with Gasteiger partial charge >= 0.3 is 0 Å². The summed E-state index contributed by atoms with van der Waals surface area (Å²) in [6.45, 7) is 2.92. The van der Waals surface area contributed by atoms with E-state index in [2.05, 4.69) is 34.0 Å². The number of aromatic hydroxyl groups is 1. The Morgan fingerprint density at radius 2 is 1.84 bits per heavy atom. The number of rotatable bonds is 8. The highest BCUT2D eigenvalue weighted by molar-refractivity contribution is 7.08. The van der Waals surface area contributed by atoms with Gasteiger partial charge in [0.05, 0.1) is 7.11 Å². The molecule has 1 aromatic heterocycles. The fourth-order valence-corrected chi connectivity index (χ4v) is 4.23. The fourth-order valence-electron chi connectivity index (χ4n) is 3.45. The molecule has 1 unspecified atom stereocenters. The first-order valence-electron chi connectivity index (χ1n) is 9.81. The average Bonchev–Trinajstić information content (AvgIpc) is 3.35. The van der Waals surface area contributed by atoms with Crippen LogP contribution >= 0.6 is 11.3 Å². The van der Waals surface area contributed by atoms with Crippen molar-refractivity contribution in [3.8, 4) is 11.5 Å². The summed E-state index contributed by atoms with van der Waals surface area (Å²) >= 11 is 1.68. The van der Waals surface area contributed by atoms with Gasteiger partial charge in [-0.15, -0.1) is 0 Å². The van der Waals surface area contributed by atoms with Crippen LogP contribution in [0.5, 0.6) is 11.5 Å². The van der Waals surface area contributed by atoms with Gasteiger partial charge in [-0.3, -0.25) is 9.59 Å². The summed E-state index contributed by atoms with van der Waals surface area (Å²) in [5, 5.41) is 16.8. The van der Waals surface area contributed by atoms with Gasteiger partial charge in [-0.25, -0.2) is 0 Å². The second-order valence-corrected chi connectivity index (χ2v) is 8.10. The van der Waals surface area contributed by atoms with E-state index in [4.69, 9.17) is 4.74 Å². The van der Waals surface area contributed by atoms with E-state index in [0.29, 0.717) is 5.69 Å². The second kappa shape index (κ2) is 8.65. The molecule has 4 aromatic rings. The van der Waals surface area contributed by atoms with Crippen molar-refractivity contribution in [1.82, 2.24) is 0 Å². The Kier molecular flexibility index (Phi) is 5.77. The highest BCUT2D eigenvalue weighted by Gasteiger charge is 2.21. The second-order valence-electron chi connectivity index (χ2n) is 7.32. The molecule has 0 bridgehead atoms. The molecule has 0 saturated carbocycles. The SMILES string of the molecule is COc1ccc(N(CC(C)c2ccsc2)c2cccc(Nc3c(O)c(=O)c3=O)c2)cc1. The van der Waals surface area contributed by atoms with Crippen molar-refractivity contribution >= 4 is 34.1 Å². The van der Waals surface area contributed by atoms with Crippen LogP contribution in [0.1, 0.15) is 18.4 Å². The lowest BCUT2D eigenvalue weighted by Gasteiger charge is -2.28. The van der Waals surface area contributed by atoms with E-state index < -0.39 is 16.6 Å². The van der Waals surface area contributed by atoms with Gasteiger partial charge in [0.1, 0.15) is 11.4 Å².